The van der Waals surface area contributed by atoms with Crippen molar-refractivity contribution in [2.24, 2.45) is 7.05 Å². The van der Waals surface area contributed by atoms with Gasteiger partial charge in [0.2, 0.25) is 0 Å². The molecule has 15 heteroatoms. The van der Waals surface area contributed by atoms with E-state index < -0.39 is 14.9 Å². The summed E-state index contributed by atoms with van der Waals surface area (Å²) in [5.41, 5.74) is 6.43. The van der Waals surface area contributed by atoms with E-state index in [1.54, 1.807) is 36.0 Å². The molecule has 1 saturated heterocycles. The summed E-state index contributed by atoms with van der Waals surface area (Å²) in [6.07, 6.45) is 3.09. The van der Waals surface area contributed by atoms with Gasteiger partial charge in [0, 0.05) is 76.0 Å². The van der Waals surface area contributed by atoms with Crippen molar-refractivity contribution in [3.63, 3.8) is 0 Å². The van der Waals surface area contributed by atoms with Crippen LogP contribution >= 0.6 is 23.4 Å². The van der Waals surface area contributed by atoms with Crippen LogP contribution in [-0.2, 0) is 17.1 Å². The van der Waals surface area contributed by atoms with Gasteiger partial charge in [-0.3, -0.25) is 19.6 Å². The number of anilines is 2. The number of hydrogen-bond acceptors (Lipinski definition) is 9. The third-order valence-electron chi connectivity index (χ3n) is 11.5. The first kappa shape index (κ1) is 47.9. The molecule has 342 valence electrons. The van der Waals surface area contributed by atoms with Crippen LogP contribution in [0.2, 0.25) is 5.02 Å². The molecule has 0 radical (unpaired) electrons. The first-order chi connectivity index (χ1) is 31.8. The zero-order chi connectivity index (χ0) is 46.8. The van der Waals surface area contributed by atoms with Crippen molar-refractivity contribution in [3.05, 3.63) is 159 Å². The molecule has 0 spiro atoms. The fourth-order valence-corrected chi connectivity index (χ4v) is 10.2. The van der Waals surface area contributed by atoms with Gasteiger partial charge in [-0.1, -0.05) is 65.9 Å². The SMILES string of the molecule is Cc1c(C(=O)NCCN2CCCC2)c(-c2cccc(C#Cc3ccc(NS(=O)(=O)c4ccc(NC(CCN(C)C)CSc5ccccc5)c([N+](=O)[O-])c4)cc3)c2)c(-c2ccc(Cl)cc2)n1C. The monoisotopic (exact) mass is 943 g/mol. The number of aromatic nitrogens is 1. The summed E-state index contributed by atoms with van der Waals surface area (Å²) in [5, 5.41) is 19.4. The van der Waals surface area contributed by atoms with Crippen molar-refractivity contribution in [2.45, 2.75) is 42.0 Å². The molecule has 0 aliphatic carbocycles. The molecular formula is C51H54ClN7O5S2. The number of thioether (sulfide) groups is 1. The van der Waals surface area contributed by atoms with Gasteiger partial charge in [0.1, 0.15) is 5.69 Å². The molecular weight excluding hydrogens is 890 g/mol. The molecule has 7 rings (SSSR count). The topological polar surface area (TPSA) is 142 Å². The molecule has 1 aliphatic heterocycles. The van der Waals surface area contributed by atoms with Crippen LogP contribution in [0.25, 0.3) is 22.4 Å². The van der Waals surface area contributed by atoms with Crippen LogP contribution in [0.4, 0.5) is 17.1 Å². The van der Waals surface area contributed by atoms with E-state index in [9.17, 15) is 23.3 Å². The number of nitrogens with zero attached hydrogens (tertiary/aromatic N) is 4. The lowest BCUT2D eigenvalue weighted by molar-refractivity contribution is -0.384. The minimum Gasteiger partial charge on any atom is -0.376 e. The molecule has 1 atom stereocenters. The maximum atomic E-state index is 14.0. The Morgan fingerprint density at radius 2 is 1.61 bits per heavy atom. The average molecular weight is 945 g/mol. The van der Waals surface area contributed by atoms with E-state index >= 15 is 0 Å². The molecule has 1 aromatic heterocycles. The van der Waals surface area contributed by atoms with Crippen molar-refractivity contribution in [3.8, 4) is 34.2 Å². The summed E-state index contributed by atoms with van der Waals surface area (Å²) in [6, 6.07) is 35.7. The second-order valence-electron chi connectivity index (χ2n) is 16.6. The van der Waals surface area contributed by atoms with E-state index in [2.05, 4.69) is 37.0 Å². The Balaban J connectivity index is 1.08. The third-order valence-corrected chi connectivity index (χ3v) is 14.3. The van der Waals surface area contributed by atoms with Crippen molar-refractivity contribution in [1.82, 2.24) is 19.7 Å². The van der Waals surface area contributed by atoms with Gasteiger partial charge >= 0.3 is 0 Å². The number of amides is 1. The molecule has 3 N–H and O–H groups in total. The lowest BCUT2D eigenvalue weighted by Crippen LogP contribution is -2.33. The lowest BCUT2D eigenvalue weighted by atomic mass is 9.95. The maximum absolute atomic E-state index is 14.0. The van der Waals surface area contributed by atoms with Gasteiger partial charge in [0.15, 0.2) is 0 Å². The van der Waals surface area contributed by atoms with Crippen LogP contribution in [0.15, 0.2) is 131 Å². The van der Waals surface area contributed by atoms with Crippen LogP contribution in [-0.4, -0.2) is 92.2 Å². The zero-order valence-corrected chi connectivity index (χ0v) is 39.9. The summed E-state index contributed by atoms with van der Waals surface area (Å²) < 4.78 is 31.8. The minimum atomic E-state index is -4.20. The molecule has 1 amide bonds. The van der Waals surface area contributed by atoms with Crippen molar-refractivity contribution < 1.29 is 18.1 Å². The largest absolute Gasteiger partial charge is 0.376 e. The Morgan fingerprint density at radius 3 is 2.30 bits per heavy atom. The molecule has 1 fully saturated rings. The fraction of sp³-hybridized carbons (Fsp3) is 0.275. The number of hydrogen-bond donors (Lipinski definition) is 3. The highest BCUT2D eigenvalue weighted by Crippen LogP contribution is 2.39. The normalized spacial score (nSPS) is 13.2. The number of sulfonamides is 1. The Morgan fingerprint density at radius 1 is 0.894 bits per heavy atom. The Hall–Kier alpha value is -6.08. The summed E-state index contributed by atoms with van der Waals surface area (Å²) in [4.78, 5) is 31.0. The van der Waals surface area contributed by atoms with E-state index in [-0.39, 0.29) is 33.9 Å². The standard InChI is InChI=1S/C51H54ClN7O5S2/c1-36-48(51(60)53-28-32-58-29-8-9-30-58)49(50(57(36)4)39-19-21-41(52)22-20-39)40-12-10-11-38(33-40)16-15-37-17-23-42(24-18-37)55-66(63,64)45-25-26-46(47(34-45)59(61)62)54-43(27-31-56(2)3)35-65-44-13-6-5-7-14-44/h5-7,10-14,17-26,33-34,43,54-55H,8-9,27-32,35H2,1-4H3,(H,53,60). The second-order valence-corrected chi connectivity index (χ2v) is 19.8. The molecule has 66 heavy (non-hydrogen) atoms. The first-order valence-corrected chi connectivity index (χ1v) is 24.7. The van der Waals surface area contributed by atoms with E-state index in [1.165, 1.54) is 25.0 Å². The van der Waals surface area contributed by atoms with Gasteiger partial charge in [-0.2, -0.15) is 0 Å². The molecule has 5 aromatic carbocycles. The van der Waals surface area contributed by atoms with Crippen molar-refractivity contribution >= 4 is 56.4 Å². The number of likely N-dealkylation sites (tertiary alicyclic amines) is 1. The van der Waals surface area contributed by atoms with E-state index in [1.807, 2.05) is 111 Å². The molecule has 6 aromatic rings. The van der Waals surface area contributed by atoms with Crippen LogP contribution in [0, 0.1) is 28.9 Å². The highest BCUT2D eigenvalue weighted by Gasteiger charge is 2.27. The molecule has 0 saturated carbocycles. The van der Waals surface area contributed by atoms with Gasteiger partial charge in [-0.05, 0) is 144 Å². The molecule has 2 heterocycles. The summed E-state index contributed by atoms with van der Waals surface area (Å²) in [7, 11) is 1.71. The van der Waals surface area contributed by atoms with Gasteiger partial charge < -0.3 is 25.0 Å². The minimum absolute atomic E-state index is 0.121. The van der Waals surface area contributed by atoms with E-state index in [0.717, 1.165) is 77.2 Å². The number of nitro groups is 1. The number of carbonyl (C=O) groups is 1. The number of carbonyl (C=O) groups excluding carboxylic acids is 1. The fourth-order valence-electron chi connectivity index (χ4n) is 7.96. The van der Waals surface area contributed by atoms with Crippen LogP contribution in [0.1, 0.15) is 46.4 Å². The predicted octanol–water partition coefficient (Wildman–Crippen LogP) is 9.78. The summed E-state index contributed by atoms with van der Waals surface area (Å²) >= 11 is 7.93. The average Bonchev–Trinajstić information content (AvgIpc) is 3.92. The molecule has 12 nitrogen and oxygen atoms in total. The third kappa shape index (κ3) is 12.2. The van der Waals surface area contributed by atoms with Crippen molar-refractivity contribution in [1.29, 1.82) is 0 Å². The van der Waals surface area contributed by atoms with Crippen LogP contribution in [0.3, 0.4) is 0 Å². The number of halogens is 1. The summed E-state index contributed by atoms with van der Waals surface area (Å²) in [5.74, 6) is 6.94. The van der Waals surface area contributed by atoms with Crippen LogP contribution < -0.4 is 15.4 Å². The van der Waals surface area contributed by atoms with Crippen molar-refractivity contribution in [2.75, 3.05) is 62.6 Å². The Labute approximate surface area is 397 Å². The number of nitrogens with one attached hydrogen (secondary N) is 3. The van der Waals surface area contributed by atoms with Gasteiger partial charge in [-0.25, -0.2) is 8.42 Å². The zero-order valence-electron chi connectivity index (χ0n) is 37.5. The molecule has 1 aliphatic rings. The van der Waals surface area contributed by atoms with Gasteiger partial charge in [-0.15, -0.1) is 11.8 Å². The lowest BCUT2D eigenvalue weighted by Gasteiger charge is -2.22. The van der Waals surface area contributed by atoms with E-state index in [4.69, 9.17) is 11.6 Å². The quantitative estimate of drug-likeness (QED) is 0.0332. The molecule has 0 bridgehead atoms. The van der Waals surface area contributed by atoms with Gasteiger partial charge in [0.25, 0.3) is 21.6 Å². The predicted molar refractivity (Wildman–Crippen MR) is 268 cm³/mol. The molecule has 1 unspecified atom stereocenters. The second kappa shape index (κ2) is 21.9. The Bertz CT molecular complexity index is 2840. The highest BCUT2D eigenvalue weighted by atomic mass is 35.5. The van der Waals surface area contributed by atoms with E-state index in [0.29, 0.717) is 28.4 Å². The highest BCUT2D eigenvalue weighted by molar-refractivity contribution is 7.99. The van der Waals surface area contributed by atoms with Gasteiger partial charge in [0.05, 0.1) is 21.1 Å². The number of benzene rings is 5. The van der Waals surface area contributed by atoms with Crippen LogP contribution in [0.5, 0.6) is 0 Å². The Kier molecular flexibility index (Phi) is 15.9. The maximum Gasteiger partial charge on any atom is 0.293 e. The number of nitro benzene ring substituents is 1. The smallest absolute Gasteiger partial charge is 0.293 e. The summed E-state index contributed by atoms with van der Waals surface area (Å²) in [6.45, 7) is 6.19. The first-order valence-electron chi connectivity index (χ1n) is 21.8. The number of rotatable bonds is 18.